The van der Waals surface area contributed by atoms with E-state index in [4.69, 9.17) is 15.7 Å². The molecule has 0 unspecified atom stereocenters. The first kappa shape index (κ1) is 28.6. The van der Waals surface area contributed by atoms with Crippen LogP contribution in [0, 0.1) is 0 Å². The summed E-state index contributed by atoms with van der Waals surface area (Å²) in [5.41, 5.74) is 10.8. The van der Waals surface area contributed by atoms with E-state index in [9.17, 15) is 9.59 Å². The number of nitrogens with zero attached hydrogens (tertiary/aromatic N) is 3. The van der Waals surface area contributed by atoms with Crippen molar-refractivity contribution in [1.82, 2.24) is 4.90 Å². The van der Waals surface area contributed by atoms with E-state index in [1.807, 2.05) is 48.5 Å². The van der Waals surface area contributed by atoms with E-state index in [1.54, 1.807) is 25.1 Å². The van der Waals surface area contributed by atoms with Crippen molar-refractivity contribution in [1.29, 1.82) is 0 Å². The molecule has 0 spiro atoms. The Morgan fingerprint density at radius 3 is 2.48 bits per heavy atom. The van der Waals surface area contributed by atoms with E-state index in [-0.39, 0.29) is 18.3 Å². The zero-order valence-corrected chi connectivity index (χ0v) is 23.1. The molecule has 4 N–H and O–H groups in total. The number of likely N-dealkylation sites (N-methyl/N-ethyl adjacent to an activating group) is 1. The van der Waals surface area contributed by atoms with E-state index >= 15 is 0 Å². The van der Waals surface area contributed by atoms with Crippen LogP contribution in [0.4, 0.5) is 11.4 Å². The molecule has 0 aliphatic carbocycles. The molecule has 0 radical (unpaired) electrons. The first-order valence-electron chi connectivity index (χ1n) is 13.6. The number of carbonyl (C=O) groups excluding carboxylic acids is 2. The lowest BCUT2D eigenvalue weighted by molar-refractivity contribution is 0.0526. The van der Waals surface area contributed by atoms with E-state index in [0.717, 1.165) is 49.4 Å². The number of rotatable bonds is 9. The first-order valence-corrected chi connectivity index (χ1v) is 13.6. The molecule has 0 bridgehead atoms. The largest absolute Gasteiger partial charge is 0.462 e. The molecule has 4 rings (SSSR count). The van der Waals surface area contributed by atoms with Gasteiger partial charge in [-0.05, 0) is 93.4 Å². The number of anilines is 2. The Labute approximate surface area is 235 Å². The molecule has 9 nitrogen and oxygen atoms in total. The zero-order valence-electron chi connectivity index (χ0n) is 23.1. The minimum absolute atomic E-state index is 0.0442. The number of hydrogen-bond donors (Lipinski definition) is 3. The van der Waals surface area contributed by atoms with Gasteiger partial charge in [0.15, 0.2) is 5.84 Å². The minimum Gasteiger partial charge on any atom is -0.462 e. The molecule has 1 amide bonds. The fourth-order valence-electron chi connectivity index (χ4n) is 4.80. The summed E-state index contributed by atoms with van der Waals surface area (Å²) in [7, 11) is 2.14. The summed E-state index contributed by atoms with van der Waals surface area (Å²) in [5, 5.41) is 15.1. The molecule has 1 aliphatic rings. The molecule has 9 heteroatoms. The van der Waals surface area contributed by atoms with Crippen LogP contribution in [0.2, 0.25) is 0 Å². The third-order valence-electron chi connectivity index (χ3n) is 7.10. The third-order valence-corrected chi connectivity index (χ3v) is 7.10. The van der Waals surface area contributed by atoms with Gasteiger partial charge in [0.2, 0.25) is 0 Å². The van der Waals surface area contributed by atoms with Gasteiger partial charge in [0, 0.05) is 42.1 Å². The molecule has 210 valence electrons. The van der Waals surface area contributed by atoms with Crippen LogP contribution < -0.4 is 16.0 Å². The Morgan fingerprint density at radius 2 is 1.73 bits per heavy atom. The van der Waals surface area contributed by atoms with Crippen molar-refractivity contribution in [2.24, 2.45) is 10.9 Å². The summed E-state index contributed by atoms with van der Waals surface area (Å²) in [4.78, 5) is 30.4. The number of aryl methyl sites for hydroxylation is 2. The van der Waals surface area contributed by atoms with E-state index in [1.165, 1.54) is 0 Å². The monoisotopic (exact) mass is 543 g/mol. The molecule has 0 saturated carbocycles. The lowest BCUT2D eigenvalue weighted by Gasteiger charge is -2.23. The van der Waals surface area contributed by atoms with Crippen molar-refractivity contribution in [3.63, 3.8) is 0 Å². The summed E-state index contributed by atoms with van der Waals surface area (Å²) < 4.78 is 5.17. The van der Waals surface area contributed by atoms with E-state index in [2.05, 4.69) is 27.3 Å². The number of benzene rings is 3. The van der Waals surface area contributed by atoms with Gasteiger partial charge in [-0.15, -0.1) is 0 Å². The Hall–Kier alpha value is -4.37. The average molecular weight is 544 g/mol. The first-order chi connectivity index (χ1) is 19.4. The summed E-state index contributed by atoms with van der Waals surface area (Å²) >= 11 is 0. The van der Waals surface area contributed by atoms with Crippen molar-refractivity contribution < 1.29 is 19.5 Å². The SMILES string of the molecule is CCOC(=O)c1ccc(CCc2cccc(/C(N)=N/O)c2)c(NC(=O)c2ccc(N3CCCN(C)CC3)cc2)c1. The number of nitrogens with two attached hydrogens (primary N) is 1. The highest BCUT2D eigenvalue weighted by molar-refractivity contribution is 6.05. The van der Waals surface area contributed by atoms with Crippen molar-refractivity contribution in [2.45, 2.75) is 26.2 Å². The van der Waals surface area contributed by atoms with Gasteiger partial charge in [0.1, 0.15) is 0 Å². The maximum atomic E-state index is 13.3. The molecular formula is C31H37N5O4. The highest BCUT2D eigenvalue weighted by atomic mass is 16.5. The van der Waals surface area contributed by atoms with Gasteiger partial charge in [-0.3, -0.25) is 4.79 Å². The molecule has 0 atom stereocenters. The van der Waals surface area contributed by atoms with E-state index in [0.29, 0.717) is 35.2 Å². The second-order valence-corrected chi connectivity index (χ2v) is 9.92. The van der Waals surface area contributed by atoms with Crippen molar-refractivity contribution >= 4 is 29.1 Å². The topological polar surface area (TPSA) is 120 Å². The second-order valence-electron chi connectivity index (χ2n) is 9.92. The van der Waals surface area contributed by atoms with Crippen LogP contribution >= 0.6 is 0 Å². The number of esters is 1. The summed E-state index contributed by atoms with van der Waals surface area (Å²) in [6.45, 7) is 6.05. The molecule has 3 aromatic rings. The number of hydrogen-bond acceptors (Lipinski definition) is 7. The Morgan fingerprint density at radius 1 is 0.950 bits per heavy atom. The number of carbonyl (C=O) groups is 2. The van der Waals surface area contributed by atoms with Gasteiger partial charge in [0.05, 0.1) is 12.2 Å². The fraction of sp³-hybridized carbons (Fsp3) is 0.323. The summed E-state index contributed by atoms with van der Waals surface area (Å²) in [5.74, 6) is -0.649. The maximum absolute atomic E-state index is 13.3. The van der Waals surface area contributed by atoms with Crippen LogP contribution in [0.5, 0.6) is 0 Å². The van der Waals surface area contributed by atoms with E-state index < -0.39 is 5.97 Å². The van der Waals surface area contributed by atoms with Gasteiger partial charge < -0.3 is 30.8 Å². The van der Waals surface area contributed by atoms with Gasteiger partial charge in [-0.25, -0.2) is 4.79 Å². The van der Waals surface area contributed by atoms with Gasteiger partial charge >= 0.3 is 5.97 Å². The fourth-order valence-corrected chi connectivity index (χ4v) is 4.80. The third kappa shape index (κ3) is 7.39. The van der Waals surface area contributed by atoms with Crippen LogP contribution in [0.25, 0.3) is 0 Å². The minimum atomic E-state index is -0.441. The van der Waals surface area contributed by atoms with Crippen LogP contribution in [0.1, 0.15) is 50.8 Å². The molecule has 0 aromatic heterocycles. The molecule has 1 saturated heterocycles. The molecule has 40 heavy (non-hydrogen) atoms. The number of amides is 1. The highest BCUT2D eigenvalue weighted by Gasteiger charge is 2.16. The van der Waals surface area contributed by atoms with Crippen LogP contribution in [-0.4, -0.2) is 67.7 Å². The number of oxime groups is 1. The lowest BCUT2D eigenvalue weighted by Crippen LogP contribution is -2.28. The zero-order chi connectivity index (χ0) is 28.5. The Kier molecular flexibility index (Phi) is 9.75. The van der Waals surface area contributed by atoms with Crippen molar-refractivity contribution in [2.75, 3.05) is 50.1 Å². The molecule has 3 aromatic carbocycles. The average Bonchev–Trinajstić information content (AvgIpc) is 3.20. The number of ether oxygens (including phenoxy) is 1. The van der Waals surface area contributed by atoms with Crippen molar-refractivity contribution in [3.8, 4) is 0 Å². The highest BCUT2D eigenvalue weighted by Crippen LogP contribution is 2.23. The van der Waals surface area contributed by atoms with Crippen molar-refractivity contribution in [3.05, 3.63) is 94.5 Å². The number of amidine groups is 1. The lowest BCUT2D eigenvalue weighted by atomic mass is 9.99. The smallest absolute Gasteiger partial charge is 0.338 e. The van der Waals surface area contributed by atoms with Gasteiger partial charge in [0.25, 0.3) is 5.91 Å². The van der Waals surface area contributed by atoms with Crippen LogP contribution in [-0.2, 0) is 17.6 Å². The van der Waals surface area contributed by atoms with Gasteiger partial charge in [-0.2, -0.15) is 0 Å². The van der Waals surface area contributed by atoms with Crippen LogP contribution in [0.15, 0.2) is 71.9 Å². The second kappa shape index (κ2) is 13.6. The van der Waals surface area contributed by atoms with Crippen LogP contribution in [0.3, 0.4) is 0 Å². The quantitative estimate of drug-likeness (QED) is 0.122. The normalized spacial score (nSPS) is 14.4. The molecular weight excluding hydrogens is 506 g/mol. The van der Waals surface area contributed by atoms with Gasteiger partial charge in [-0.1, -0.05) is 29.4 Å². The standard InChI is InChI=1S/C31H37N5O4/c1-3-40-31(38)26-11-10-23(9-8-22-6-4-7-25(20-22)29(32)34-39)28(21-26)33-30(37)24-12-14-27(15-13-24)36-17-5-16-35(2)18-19-36/h4,6-7,10-15,20-21,39H,3,5,8-9,16-19H2,1-2H3,(H2,32,34)(H,33,37). The summed E-state index contributed by atoms with van der Waals surface area (Å²) in [6, 6.07) is 20.3. The molecule has 1 aliphatic heterocycles. The Balaban J connectivity index is 1.52. The number of nitrogens with one attached hydrogen (secondary N) is 1. The predicted octanol–water partition coefficient (Wildman–Crippen LogP) is 4.14. The molecule has 1 heterocycles. The summed E-state index contributed by atoms with van der Waals surface area (Å²) in [6.07, 6.45) is 2.35. The predicted molar refractivity (Wildman–Crippen MR) is 157 cm³/mol. The Bertz CT molecular complexity index is 1360. The maximum Gasteiger partial charge on any atom is 0.338 e. The molecule has 1 fully saturated rings.